The molecule has 0 fully saturated rings. The summed E-state index contributed by atoms with van der Waals surface area (Å²) in [5, 5.41) is 0. The van der Waals surface area contributed by atoms with E-state index in [2.05, 4.69) is 0 Å². The molecule has 0 saturated carbocycles. The van der Waals surface area contributed by atoms with E-state index < -0.39 is 21.1 Å². The lowest BCUT2D eigenvalue weighted by atomic mass is 10.6. The van der Waals surface area contributed by atoms with E-state index >= 15 is 0 Å². The van der Waals surface area contributed by atoms with Crippen molar-refractivity contribution in [3.8, 4) is 0 Å². The second kappa shape index (κ2) is 5.09. The predicted molar refractivity (Wildman–Crippen MR) is 41.4 cm³/mol. The second-order valence-electron chi connectivity index (χ2n) is 2.20. The first-order valence-electron chi connectivity index (χ1n) is 2.78. The van der Waals surface area contributed by atoms with Crippen LogP contribution in [0.25, 0.3) is 0 Å². The molecular formula is C3H12O7P2. The average molecular weight is 222 g/mol. The van der Waals surface area contributed by atoms with Crippen LogP contribution in [-0.4, -0.2) is 30.1 Å². The number of hydrogen-bond donors (Lipinski definition) is 5. The topological polar surface area (TPSA) is 135 Å². The highest BCUT2D eigenvalue weighted by molar-refractivity contribution is 7.52. The number of rotatable bonds is 1. The van der Waals surface area contributed by atoms with Crippen molar-refractivity contribution < 1.29 is 33.6 Å². The highest BCUT2D eigenvalue weighted by atomic mass is 31.2. The highest BCUT2D eigenvalue weighted by Gasteiger charge is 2.17. The number of phosphoric acid groups is 1. The van der Waals surface area contributed by atoms with Crippen molar-refractivity contribution in [3.05, 3.63) is 0 Å². The molecule has 5 N–H and O–H groups in total. The van der Waals surface area contributed by atoms with Crippen LogP contribution in [0.4, 0.5) is 0 Å². The standard InChI is InChI=1S/C3H9O3P.H3O4P/c1-3(2)7(4,5)6;1-5(2,3)4/h3H,1-2H3,(H2,4,5,6);(H3,1,2,3,4). The van der Waals surface area contributed by atoms with Crippen molar-refractivity contribution in [3.63, 3.8) is 0 Å². The highest BCUT2D eigenvalue weighted by Crippen LogP contribution is 2.39. The molecule has 76 valence electrons. The Morgan fingerprint density at radius 1 is 0.917 bits per heavy atom. The summed E-state index contributed by atoms with van der Waals surface area (Å²) in [5.41, 5.74) is -0.535. The van der Waals surface area contributed by atoms with Crippen LogP contribution in [0.15, 0.2) is 0 Å². The largest absolute Gasteiger partial charge is 0.466 e. The molecule has 0 aliphatic heterocycles. The van der Waals surface area contributed by atoms with Crippen LogP contribution >= 0.6 is 15.4 Å². The van der Waals surface area contributed by atoms with E-state index in [0.717, 1.165) is 0 Å². The minimum absolute atomic E-state index is 0.535. The molecule has 0 aliphatic carbocycles. The minimum Gasteiger partial charge on any atom is -0.324 e. The molecule has 0 aromatic rings. The van der Waals surface area contributed by atoms with E-state index in [1.165, 1.54) is 13.8 Å². The van der Waals surface area contributed by atoms with Crippen LogP contribution in [0.1, 0.15) is 13.8 Å². The first kappa shape index (κ1) is 14.8. The summed E-state index contributed by atoms with van der Waals surface area (Å²) < 4.78 is 18.9. The van der Waals surface area contributed by atoms with E-state index in [9.17, 15) is 4.57 Å². The lowest BCUT2D eigenvalue weighted by Gasteiger charge is -2.04. The van der Waals surface area contributed by atoms with Gasteiger partial charge in [0, 0.05) is 0 Å². The molecule has 12 heavy (non-hydrogen) atoms. The molecule has 0 aromatic heterocycles. The van der Waals surface area contributed by atoms with Gasteiger partial charge in [0.2, 0.25) is 0 Å². The zero-order chi connectivity index (χ0) is 10.6. The Labute approximate surface area is 69.5 Å². The lowest BCUT2D eigenvalue weighted by Crippen LogP contribution is -1.93. The molecule has 0 radical (unpaired) electrons. The van der Waals surface area contributed by atoms with Crippen molar-refractivity contribution in [2.45, 2.75) is 19.5 Å². The van der Waals surface area contributed by atoms with Gasteiger partial charge in [-0.25, -0.2) is 4.57 Å². The third-order valence-electron chi connectivity index (χ3n) is 0.673. The number of hydrogen-bond acceptors (Lipinski definition) is 2. The second-order valence-corrected chi connectivity index (χ2v) is 5.43. The van der Waals surface area contributed by atoms with Crippen LogP contribution in [0.2, 0.25) is 0 Å². The molecule has 0 aromatic carbocycles. The zero-order valence-corrected chi connectivity index (χ0v) is 8.31. The Morgan fingerprint density at radius 2 is 1.00 bits per heavy atom. The first-order valence-corrected chi connectivity index (χ1v) is 6.02. The molecule has 0 rings (SSSR count). The van der Waals surface area contributed by atoms with E-state index in [1.807, 2.05) is 0 Å². The molecule has 0 heterocycles. The van der Waals surface area contributed by atoms with E-state index in [4.69, 9.17) is 29.0 Å². The molecule has 7 nitrogen and oxygen atoms in total. The lowest BCUT2D eigenvalue weighted by molar-refractivity contribution is 0.275. The average Bonchev–Trinajstić information content (AvgIpc) is 1.55. The van der Waals surface area contributed by atoms with Crippen molar-refractivity contribution >= 4 is 15.4 Å². The van der Waals surface area contributed by atoms with Gasteiger partial charge in [-0.1, -0.05) is 13.8 Å². The maximum atomic E-state index is 10.0. The normalized spacial score (nSPS) is 12.3. The third-order valence-corrected chi connectivity index (χ3v) is 2.02. The summed E-state index contributed by atoms with van der Waals surface area (Å²) >= 11 is 0. The molecule has 0 atom stereocenters. The monoisotopic (exact) mass is 222 g/mol. The van der Waals surface area contributed by atoms with Gasteiger partial charge in [0.15, 0.2) is 0 Å². The fraction of sp³-hybridized carbons (Fsp3) is 1.00. The summed E-state index contributed by atoms with van der Waals surface area (Å²) in [7, 11) is -8.38. The van der Waals surface area contributed by atoms with E-state index in [-0.39, 0.29) is 0 Å². The third kappa shape index (κ3) is 22.5. The van der Waals surface area contributed by atoms with Crippen molar-refractivity contribution in [1.82, 2.24) is 0 Å². The maximum Gasteiger partial charge on any atom is 0.466 e. The minimum atomic E-state index is -4.64. The Kier molecular flexibility index (Phi) is 6.26. The Bertz CT molecular complexity index is 190. The van der Waals surface area contributed by atoms with Gasteiger partial charge in [-0.05, 0) is 0 Å². The maximum absolute atomic E-state index is 10.0. The smallest absolute Gasteiger partial charge is 0.324 e. The Hall–Kier alpha value is 0.260. The summed E-state index contributed by atoms with van der Waals surface area (Å²) in [6, 6.07) is 0. The fourth-order valence-electron chi connectivity index (χ4n) is 0. The summed E-state index contributed by atoms with van der Waals surface area (Å²) in [6.07, 6.45) is 0. The van der Waals surface area contributed by atoms with Gasteiger partial charge < -0.3 is 24.5 Å². The van der Waals surface area contributed by atoms with Gasteiger partial charge in [0.1, 0.15) is 0 Å². The van der Waals surface area contributed by atoms with Gasteiger partial charge in [-0.15, -0.1) is 0 Å². The van der Waals surface area contributed by atoms with Gasteiger partial charge in [-0.3, -0.25) is 4.57 Å². The quantitative estimate of drug-likeness (QED) is 0.382. The molecule has 0 aliphatic rings. The van der Waals surface area contributed by atoms with Gasteiger partial charge in [0.25, 0.3) is 0 Å². The van der Waals surface area contributed by atoms with Gasteiger partial charge in [-0.2, -0.15) is 0 Å². The molecule has 0 amide bonds. The summed E-state index contributed by atoms with van der Waals surface area (Å²) in [5.74, 6) is 0. The summed E-state index contributed by atoms with van der Waals surface area (Å²) in [4.78, 5) is 38.0. The van der Waals surface area contributed by atoms with Crippen LogP contribution in [0, 0.1) is 0 Å². The van der Waals surface area contributed by atoms with Crippen LogP contribution in [0.5, 0.6) is 0 Å². The first-order chi connectivity index (χ1) is 4.94. The van der Waals surface area contributed by atoms with Crippen LogP contribution in [-0.2, 0) is 9.13 Å². The molecule has 0 unspecified atom stereocenters. The van der Waals surface area contributed by atoms with E-state index in [0.29, 0.717) is 0 Å². The van der Waals surface area contributed by atoms with E-state index in [1.54, 1.807) is 0 Å². The Balaban J connectivity index is 0. The molecule has 0 spiro atoms. The van der Waals surface area contributed by atoms with Gasteiger partial charge in [0.05, 0.1) is 5.66 Å². The zero-order valence-electron chi connectivity index (χ0n) is 6.52. The van der Waals surface area contributed by atoms with Crippen molar-refractivity contribution in [2.75, 3.05) is 0 Å². The SMILES string of the molecule is CC(C)P(=O)(O)O.O=P(O)(O)O. The summed E-state index contributed by atoms with van der Waals surface area (Å²) in [6.45, 7) is 2.97. The molecule has 0 bridgehead atoms. The van der Waals surface area contributed by atoms with Crippen LogP contribution < -0.4 is 0 Å². The molecule has 9 heteroatoms. The fourth-order valence-corrected chi connectivity index (χ4v) is 0. The molecule has 0 saturated heterocycles. The Morgan fingerprint density at radius 3 is 1.00 bits per heavy atom. The van der Waals surface area contributed by atoms with Crippen molar-refractivity contribution in [2.24, 2.45) is 0 Å². The molecular weight excluding hydrogens is 210 g/mol. The predicted octanol–water partition coefficient (Wildman–Crippen LogP) is -0.356. The van der Waals surface area contributed by atoms with Crippen LogP contribution in [0.3, 0.4) is 0 Å². The van der Waals surface area contributed by atoms with Gasteiger partial charge >= 0.3 is 15.4 Å². The van der Waals surface area contributed by atoms with Crippen molar-refractivity contribution in [1.29, 1.82) is 0 Å².